The highest BCUT2D eigenvalue weighted by Gasteiger charge is 2.38. The lowest BCUT2D eigenvalue weighted by atomic mass is 9.97. The van der Waals surface area contributed by atoms with Crippen molar-refractivity contribution >= 4 is 11.8 Å². The fourth-order valence-corrected chi connectivity index (χ4v) is 2.35. The summed E-state index contributed by atoms with van der Waals surface area (Å²) in [6.07, 6.45) is -4.44. The topological polar surface area (TPSA) is 67.9 Å². The predicted molar refractivity (Wildman–Crippen MR) is 71.0 cm³/mol. The lowest BCUT2D eigenvalue weighted by Gasteiger charge is -2.38. The first kappa shape index (κ1) is 15.4. The first-order valence-electron chi connectivity index (χ1n) is 6.87. The van der Waals surface area contributed by atoms with Crippen LogP contribution in [0.15, 0.2) is 18.2 Å². The molecule has 0 atom stereocenters. The van der Waals surface area contributed by atoms with Gasteiger partial charge in [0.25, 0.3) is 5.91 Å². The first-order chi connectivity index (χ1) is 10.8. The van der Waals surface area contributed by atoms with Gasteiger partial charge in [-0.25, -0.2) is 0 Å². The van der Waals surface area contributed by atoms with E-state index in [-0.39, 0.29) is 25.8 Å². The monoisotopic (exact) mass is 330 g/mol. The number of fused-ring (bicyclic) bond motifs is 1. The van der Waals surface area contributed by atoms with Crippen LogP contribution in [0.25, 0.3) is 0 Å². The van der Waals surface area contributed by atoms with Crippen LogP contribution in [0, 0.1) is 5.92 Å². The van der Waals surface area contributed by atoms with Gasteiger partial charge in [-0.1, -0.05) is 0 Å². The zero-order chi connectivity index (χ0) is 16.6. The number of nitrogens with zero attached hydrogens (tertiary/aromatic N) is 1. The minimum atomic E-state index is -4.44. The van der Waals surface area contributed by atoms with E-state index in [4.69, 9.17) is 9.47 Å². The van der Waals surface area contributed by atoms with E-state index in [1.54, 1.807) is 18.2 Å². The summed E-state index contributed by atoms with van der Waals surface area (Å²) >= 11 is 0. The number of amides is 2. The molecule has 9 heteroatoms. The summed E-state index contributed by atoms with van der Waals surface area (Å²) < 4.78 is 46.4. The molecule has 0 radical (unpaired) electrons. The molecular weight excluding hydrogens is 317 g/mol. The van der Waals surface area contributed by atoms with Crippen molar-refractivity contribution in [3.63, 3.8) is 0 Å². The third-order valence-corrected chi connectivity index (χ3v) is 3.62. The number of benzene rings is 1. The molecule has 3 rings (SSSR count). The number of halogens is 3. The summed E-state index contributed by atoms with van der Waals surface area (Å²) in [5.74, 6) is -0.596. The lowest BCUT2D eigenvalue weighted by molar-refractivity contribution is -0.143. The molecule has 2 aliphatic rings. The number of alkyl halides is 3. The van der Waals surface area contributed by atoms with Crippen LogP contribution < -0.4 is 14.8 Å². The van der Waals surface area contributed by atoms with Crippen molar-refractivity contribution in [3.05, 3.63) is 23.8 Å². The Labute approximate surface area is 129 Å². The maximum Gasteiger partial charge on any atom is 0.405 e. The molecule has 1 N–H and O–H groups in total. The summed E-state index contributed by atoms with van der Waals surface area (Å²) in [6, 6.07) is 4.73. The molecule has 0 aromatic heterocycles. The number of likely N-dealkylation sites (tertiary alicyclic amines) is 1. The van der Waals surface area contributed by atoms with E-state index in [0.717, 1.165) is 0 Å². The molecule has 1 fully saturated rings. The van der Waals surface area contributed by atoms with Gasteiger partial charge in [0.15, 0.2) is 11.5 Å². The number of nitrogens with one attached hydrogen (secondary N) is 1. The first-order valence-corrected chi connectivity index (χ1v) is 6.87. The quantitative estimate of drug-likeness (QED) is 0.903. The van der Waals surface area contributed by atoms with E-state index in [2.05, 4.69) is 0 Å². The second-order valence-corrected chi connectivity index (χ2v) is 5.31. The van der Waals surface area contributed by atoms with Crippen LogP contribution in [0.3, 0.4) is 0 Å². The van der Waals surface area contributed by atoms with E-state index in [9.17, 15) is 22.8 Å². The third kappa shape index (κ3) is 3.33. The highest BCUT2D eigenvalue weighted by molar-refractivity contribution is 5.96. The molecule has 23 heavy (non-hydrogen) atoms. The maximum atomic E-state index is 12.2. The summed E-state index contributed by atoms with van der Waals surface area (Å²) in [5.41, 5.74) is 0.378. The molecule has 2 amide bonds. The molecular formula is C14H13F3N2O4. The van der Waals surface area contributed by atoms with Gasteiger partial charge in [0.05, 0.1) is 5.92 Å². The molecule has 1 saturated heterocycles. The molecule has 6 nitrogen and oxygen atoms in total. The van der Waals surface area contributed by atoms with Crippen LogP contribution in [0.1, 0.15) is 10.4 Å². The van der Waals surface area contributed by atoms with Crippen LogP contribution in [-0.4, -0.2) is 49.3 Å². The zero-order valence-electron chi connectivity index (χ0n) is 11.9. The number of rotatable bonds is 3. The minimum absolute atomic E-state index is 0.0942. The molecule has 0 unspecified atom stereocenters. The largest absolute Gasteiger partial charge is 0.454 e. The average molecular weight is 330 g/mol. The van der Waals surface area contributed by atoms with Crippen LogP contribution in [0.4, 0.5) is 13.2 Å². The molecule has 1 aromatic rings. The second kappa shape index (κ2) is 5.64. The Morgan fingerprint density at radius 2 is 1.91 bits per heavy atom. The molecule has 0 saturated carbocycles. The Bertz CT molecular complexity index is 641. The number of carbonyl (C=O) groups excluding carboxylic acids is 2. The normalized spacial score (nSPS) is 16.9. The smallest absolute Gasteiger partial charge is 0.405 e. The van der Waals surface area contributed by atoms with Crippen LogP contribution in [0.5, 0.6) is 11.5 Å². The number of carbonyl (C=O) groups is 2. The van der Waals surface area contributed by atoms with Crippen LogP contribution >= 0.6 is 0 Å². The van der Waals surface area contributed by atoms with Crippen LogP contribution in [0.2, 0.25) is 0 Å². The molecule has 0 bridgehead atoms. The Morgan fingerprint density at radius 1 is 1.22 bits per heavy atom. The van der Waals surface area contributed by atoms with E-state index in [1.165, 1.54) is 4.90 Å². The van der Waals surface area contributed by atoms with Gasteiger partial charge in [0.1, 0.15) is 6.54 Å². The Morgan fingerprint density at radius 3 is 2.61 bits per heavy atom. The fraction of sp³-hybridized carbons (Fsp3) is 0.429. The fourth-order valence-electron chi connectivity index (χ4n) is 2.35. The maximum absolute atomic E-state index is 12.2. The SMILES string of the molecule is O=C(NCC(F)(F)F)C1CN(C(=O)c2ccc3c(c2)OCO3)C1. The Hall–Kier alpha value is -2.45. The van der Waals surface area contributed by atoms with Gasteiger partial charge in [-0.3, -0.25) is 9.59 Å². The lowest BCUT2D eigenvalue weighted by Crippen LogP contribution is -2.56. The van der Waals surface area contributed by atoms with Gasteiger partial charge < -0.3 is 19.7 Å². The van der Waals surface area contributed by atoms with Crippen molar-refractivity contribution in [1.82, 2.24) is 10.2 Å². The summed E-state index contributed by atoms with van der Waals surface area (Å²) in [4.78, 5) is 25.2. The van der Waals surface area contributed by atoms with Crippen molar-refractivity contribution in [2.75, 3.05) is 26.4 Å². The van der Waals surface area contributed by atoms with Crippen LogP contribution in [-0.2, 0) is 4.79 Å². The number of ether oxygens (including phenoxy) is 2. The Balaban J connectivity index is 1.53. The minimum Gasteiger partial charge on any atom is -0.454 e. The van der Waals surface area contributed by atoms with Crippen molar-refractivity contribution in [2.45, 2.75) is 6.18 Å². The third-order valence-electron chi connectivity index (χ3n) is 3.62. The van der Waals surface area contributed by atoms with Crippen molar-refractivity contribution in [3.8, 4) is 11.5 Å². The van der Waals surface area contributed by atoms with E-state index in [1.807, 2.05) is 5.32 Å². The Kier molecular flexibility index (Phi) is 3.78. The molecule has 124 valence electrons. The standard InChI is InChI=1S/C14H13F3N2O4/c15-14(16,17)6-18-12(20)9-4-19(5-9)13(21)8-1-2-10-11(3-8)23-7-22-10/h1-3,9H,4-7H2,(H,18,20). The van der Waals surface area contributed by atoms with E-state index in [0.29, 0.717) is 17.1 Å². The molecule has 2 heterocycles. The molecule has 1 aromatic carbocycles. The highest BCUT2D eigenvalue weighted by Crippen LogP contribution is 2.33. The van der Waals surface area contributed by atoms with Gasteiger partial charge in [-0.15, -0.1) is 0 Å². The molecule has 0 aliphatic carbocycles. The highest BCUT2D eigenvalue weighted by atomic mass is 19.4. The van der Waals surface area contributed by atoms with Gasteiger partial charge in [-0.2, -0.15) is 13.2 Å². The number of hydrogen-bond donors (Lipinski definition) is 1. The summed E-state index contributed by atoms with van der Waals surface area (Å²) in [7, 11) is 0. The van der Waals surface area contributed by atoms with Gasteiger partial charge >= 0.3 is 6.18 Å². The predicted octanol–water partition coefficient (Wildman–Crippen LogP) is 1.17. The second-order valence-electron chi connectivity index (χ2n) is 5.31. The van der Waals surface area contributed by atoms with Gasteiger partial charge in [-0.05, 0) is 18.2 Å². The van der Waals surface area contributed by atoms with Gasteiger partial charge in [0, 0.05) is 18.7 Å². The van der Waals surface area contributed by atoms with Crippen molar-refractivity contribution in [2.24, 2.45) is 5.92 Å². The number of hydrogen-bond acceptors (Lipinski definition) is 4. The average Bonchev–Trinajstić information content (AvgIpc) is 2.89. The summed E-state index contributed by atoms with van der Waals surface area (Å²) in [5, 5.41) is 1.82. The molecule has 2 aliphatic heterocycles. The van der Waals surface area contributed by atoms with Gasteiger partial charge in [0.2, 0.25) is 12.7 Å². The summed E-state index contributed by atoms with van der Waals surface area (Å²) in [6.45, 7) is -1.08. The van der Waals surface area contributed by atoms with Crippen molar-refractivity contribution in [1.29, 1.82) is 0 Å². The zero-order valence-corrected chi connectivity index (χ0v) is 11.9. The van der Waals surface area contributed by atoms with E-state index < -0.39 is 24.5 Å². The van der Waals surface area contributed by atoms with Crippen molar-refractivity contribution < 1.29 is 32.2 Å². The van der Waals surface area contributed by atoms with E-state index >= 15 is 0 Å². The molecule has 0 spiro atoms.